The third-order valence-electron chi connectivity index (χ3n) is 3.13. The predicted molar refractivity (Wildman–Crippen MR) is 67.4 cm³/mol. The molecule has 84 valence electrons. The molecule has 0 aliphatic rings. The van der Waals surface area contributed by atoms with Crippen LogP contribution < -0.4 is 5.73 Å². The summed E-state index contributed by atoms with van der Waals surface area (Å²) in [6, 6.07) is 4.55. The van der Waals surface area contributed by atoms with Gasteiger partial charge < -0.3 is 5.73 Å². The van der Waals surface area contributed by atoms with E-state index in [1.54, 1.807) is 0 Å². The third-order valence-corrected chi connectivity index (χ3v) is 3.13. The van der Waals surface area contributed by atoms with Crippen molar-refractivity contribution in [1.29, 1.82) is 0 Å². The highest BCUT2D eigenvalue weighted by molar-refractivity contribution is 5.43. The van der Waals surface area contributed by atoms with E-state index >= 15 is 0 Å². The Bertz CT molecular complexity index is 351. The van der Waals surface area contributed by atoms with Gasteiger partial charge in [-0.2, -0.15) is 0 Å². The molecule has 0 aliphatic heterocycles. The SMILES string of the molecule is CCc1cc(C)cc(C)c1C(C)(C)CN. The first kappa shape index (κ1) is 12.3. The summed E-state index contributed by atoms with van der Waals surface area (Å²) in [4.78, 5) is 0. The van der Waals surface area contributed by atoms with E-state index in [0.29, 0.717) is 6.54 Å². The Morgan fingerprint density at radius 1 is 1.20 bits per heavy atom. The molecule has 0 unspecified atom stereocenters. The van der Waals surface area contributed by atoms with Crippen LogP contribution in [0.1, 0.15) is 43.0 Å². The molecule has 1 rings (SSSR count). The van der Waals surface area contributed by atoms with Crippen molar-refractivity contribution in [2.45, 2.75) is 46.5 Å². The zero-order valence-electron chi connectivity index (χ0n) is 10.6. The molecule has 1 nitrogen and oxygen atoms in total. The van der Waals surface area contributed by atoms with E-state index < -0.39 is 0 Å². The molecule has 1 heteroatoms. The van der Waals surface area contributed by atoms with E-state index in [0.717, 1.165) is 6.42 Å². The van der Waals surface area contributed by atoms with E-state index in [4.69, 9.17) is 5.73 Å². The molecular weight excluding hydrogens is 182 g/mol. The van der Waals surface area contributed by atoms with E-state index in [9.17, 15) is 0 Å². The minimum absolute atomic E-state index is 0.0864. The maximum absolute atomic E-state index is 5.87. The molecule has 15 heavy (non-hydrogen) atoms. The van der Waals surface area contributed by atoms with Crippen LogP contribution in [0.2, 0.25) is 0 Å². The van der Waals surface area contributed by atoms with Gasteiger partial charge in [0.2, 0.25) is 0 Å². The van der Waals surface area contributed by atoms with Gasteiger partial charge in [0.1, 0.15) is 0 Å². The summed E-state index contributed by atoms with van der Waals surface area (Å²) in [5.41, 5.74) is 11.6. The molecule has 0 amide bonds. The van der Waals surface area contributed by atoms with Crippen molar-refractivity contribution >= 4 is 0 Å². The van der Waals surface area contributed by atoms with Gasteiger partial charge in [-0.3, -0.25) is 0 Å². The van der Waals surface area contributed by atoms with Gasteiger partial charge in [-0.1, -0.05) is 38.5 Å². The number of nitrogens with two attached hydrogens (primary N) is 1. The number of rotatable bonds is 3. The van der Waals surface area contributed by atoms with Crippen LogP contribution in [0.4, 0.5) is 0 Å². The van der Waals surface area contributed by atoms with E-state index in [2.05, 4.69) is 46.8 Å². The fraction of sp³-hybridized carbons (Fsp3) is 0.571. The van der Waals surface area contributed by atoms with Crippen LogP contribution >= 0.6 is 0 Å². The minimum Gasteiger partial charge on any atom is -0.330 e. The van der Waals surface area contributed by atoms with Crippen LogP contribution in [0.3, 0.4) is 0 Å². The Morgan fingerprint density at radius 3 is 2.27 bits per heavy atom. The minimum atomic E-state index is 0.0864. The maximum atomic E-state index is 5.87. The smallest absolute Gasteiger partial charge is 0.00244 e. The largest absolute Gasteiger partial charge is 0.330 e. The van der Waals surface area contributed by atoms with E-state index in [1.807, 2.05) is 0 Å². The molecule has 0 heterocycles. The molecule has 0 saturated heterocycles. The van der Waals surface area contributed by atoms with Gasteiger partial charge in [0.15, 0.2) is 0 Å². The molecule has 0 radical (unpaired) electrons. The second-order valence-electron chi connectivity index (χ2n) is 5.06. The summed E-state index contributed by atoms with van der Waals surface area (Å²) < 4.78 is 0. The Labute approximate surface area is 93.7 Å². The standard InChI is InChI=1S/C14H23N/c1-6-12-8-10(2)7-11(3)13(12)14(4,5)9-15/h7-8H,6,9,15H2,1-5H3. The molecule has 1 aromatic carbocycles. The van der Waals surface area contributed by atoms with Gasteiger partial charge in [0, 0.05) is 12.0 Å². The summed E-state index contributed by atoms with van der Waals surface area (Å²) in [6.45, 7) is 11.7. The van der Waals surface area contributed by atoms with Crippen molar-refractivity contribution in [2.75, 3.05) is 6.54 Å². The monoisotopic (exact) mass is 205 g/mol. The Kier molecular flexibility index (Phi) is 3.56. The summed E-state index contributed by atoms with van der Waals surface area (Å²) in [6.07, 6.45) is 1.08. The van der Waals surface area contributed by atoms with Gasteiger partial charge in [-0.25, -0.2) is 0 Å². The zero-order valence-corrected chi connectivity index (χ0v) is 10.6. The maximum Gasteiger partial charge on any atom is 0.00244 e. The van der Waals surface area contributed by atoms with Crippen LogP contribution in [0, 0.1) is 13.8 Å². The average molecular weight is 205 g/mol. The molecular formula is C14H23N. The van der Waals surface area contributed by atoms with Crippen molar-refractivity contribution in [2.24, 2.45) is 5.73 Å². The molecule has 2 N–H and O–H groups in total. The molecule has 0 aliphatic carbocycles. The summed E-state index contributed by atoms with van der Waals surface area (Å²) in [5.74, 6) is 0. The van der Waals surface area contributed by atoms with Crippen LogP contribution in [-0.2, 0) is 11.8 Å². The van der Waals surface area contributed by atoms with Gasteiger partial charge in [-0.05, 0) is 37.0 Å². The van der Waals surface area contributed by atoms with Gasteiger partial charge in [0.25, 0.3) is 0 Å². The quantitative estimate of drug-likeness (QED) is 0.806. The number of hydrogen-bond donors (Lipinski definition) is 1. The fourth-order valence-corrected chi connectivity index (χ4v) is 2.40. The molecule has 0 spiro atoms. The summed E-state index contributed by atoms with van der Waals surface area (Å²) in [7, 11) is 0. The normalized spacial score (nSPS) is 11.9. The molecule has 0 bridgehead atoms. The Hall–Kier alpha value is -0.820. The predicted octanol–water partition coefficient (Wildman–Crippen LogP) is 3.10. The number of hydrogen-bond acceptors (Lipinski definition) is 1. The van der Waals surface area contributed by atoms with Crippen molar-refractivity contribution in [3.8, 4) is 0 Å². The fourth-order valence-electron chi connectivity index (χ4n) is 2.40. The van der Waals surface area contributed by atoms with Crippen molar-refractivity contribution in [3.63, 3.8) is 0 Å². The number of aryl methyl sites for hydroxylation is 3. The van der Waals surface area contributed by atoms with Gasteiger partial charge in [0.05, 0.1) is 0 Å². The number of benzene rings is 1. The second-order valence-corrected chi connectivity index (χ2v) is 5.06. The van der Waals surface area contributed by atoms with E-state index in [-0.39, 0.29) is 5.41 Å². The molecule has 0 aromatic heterocycles. The second kappa shape index (κ2) is 4.36. The van der Waals surface area contributed by atoms with Crippen LogP contribution in [-0.4, -0.2) is 6.54 Å². The molecule has 0 atom stereocenters. The van der Waals surface area contributed by atoms with E-state index in [1.165, 1.54) is 22.3 Å². The lowest BCUT2D eigenvalue weighted by Crippen LogP contribution is -2.30. The highest BCUT2D eigenvalue weighted by atomic mass is 14.6. The van der Waals surface area contributed by atoms with Gasteiger partial charge >= 0.3 is 0 Å². The van der Waals surface area contributed by atoms with Gasteiger partial charge in [-0.15, -0.1) is 0 Å². The Balaban J connectivity index is 3.39. The third kappa shape index (κ3) is 2.40. The first-order valence-electron chi connectivity index (χ1n) is 5.73. The molecule has 1 aromatic rings. The lowest BCUT2D eigenvalue weighted by atomic mass is 9.78. The van der Waals surface area contributed by atoms with Crippen molar-refractivity contribution < 1.29 is 0 Å². The van der Waals surface area contributed by atoms with Crippen LogP contribution in [0.15, 0.2) is 12.1 Å². The zero-order chi connectivity index (χ0) is 11.6. The highest BCUT2D eigenvalue weighted by Crippen LogP contribution is 2.30. The summed E-state index contributed by atoms with van der Waals surface area (Å²) in [5, 5.41) is 0. The first-order chi connectivity index (χ1) is 6.92. The van der Waals surface area contributed by atoms with Crippen molar-refractivity contribution in [3.05, 3.63) is 34.4 Å². The lowest BCUT2D eigenvalue weighted by molar-refractivity contribution is 0.530. The molecule has 0 fully saturated rings. The Morgan fingerprint density at radius 2 is 1.80 bits per heavy atom. The van der Waals surface area contributed by atoms with Crippen LogP contribution in [0.25, 0.3) is 0 Å². The average Bonchev–Trinajstić information content (AvgIpc) is 2.15. The van der Waals surface area contributed by atoms with Crippen LogP contribution in [0.5, 0.6) is 0 Å². The molecule has 0 saturated carbocycles. The van der Waals surface area contributed by atoms with Crippen molar-refractivity contribution in [1.82, 2.24) is 0 Å². The highest BCUT2D eigenvalue weighted by Gasteiger charge is 2.23. The summed E-state index contributed by atoms with van der Waals surface area (Å²) >= 11 is 0. The topological polar surface area (TPSA) is 26.0 Å². The first-order valence-corrected chi connectivity index (χ1v) is 5.73. The lowest BCUT2D eigenvalue weighted by Gasteiger charge is -2.28.